The van der Waals surface area contributed by atoms with Crippen molar-refractivity contribution in [2.24, 2.45) is 0 Å². The maximum atomic E-state index is 13.6. The fourth-order valence-electron chi connectivity index (χ4n) is 4.23. The summed E-state index contributed by atoms with van der Waals surface area (Å²) in [7, 11) is -2.21. The first-order chi connectivity index (χ1) is 18.1. The van der Waals surface area contributed by atoms with E-state index in [9.17, 15) is 31.2 Å². The van der Waals surface area contributed by atoms with Gasteiger partial charge in [0.1, 0.15) is 16.2 Å². The van der Waals surface area contributed by atoms with E-state index in [1.54, 1.807) is 20.8 Å². The molecule has 0 bridgehead atoms. The van der Waals surface area contributed by atoms with Gasteiger partial charge in [0.25, 0.3) is 10.0 Å². The van der Waals surface area contributed by atoms with Gasteiger partial charge in [0, 0.05) is 19.0 Å². The number of hydrogen-bond acceptors (Lipinski definition) is 7. The fourth-order valence-corrected chi connectivity index (χ4v) is 5.51. The number of alkyl halides is 3. The Hall–Kier alpha value is -3.48. The third-order valence-corrected chi connectivity index (χ3v) is 7.40. The maximum Gasteiger partial charge on any atom is 0.416 e. The minimum Gasteiger partial charge on any atom is -0.495 e. The largest absolute Gasteiger partial charge is 0.495 e. The van der Waals surface area contributed by atoms with E-state index in [0.29, 0.717) is 19.4 Å². The monoisotopic (exact) mass is 572 g/mol. The lowest BCUT2D eigenvalue weighted by Gasteiger charge is -2.35. The molecule has 13 heteroatoms. The number of likely N-dealkylation sites (tertiary alicyclic amines) is 1. The van der Waals surface area contributed by atoms with Crippen LogP contribution in [0.4, 0.5) is 23.7 Å². The van der Waals surface area contributed by atoms with Crippen molar-refractivity contribution in [1.29, 1.82) is 0 Å². The number of hydrogen-bond donors (Lipinski definition) is 1. The van der Waals surface area contributed by atoms with Gasteiger partial charge in [-0.3, -0.25) is 4.72 Å². The molecular formula is C26H31F3N2O7S. The van der Waals surface area contributed by atoms with Crippen LogP contribution in [0.25, 0.3) is 0 Å². The number of halogens is 3. The predicted octanol–water partition coefficient (Wildman–Crippen LogP) is 5.42. The smallest absolute Gasteiger partial charge is 0.416 e. The fraction of sp³-hybridized carbons (Fsp3) is 0.462. The molecule has 9 nitrogen and oxygen atoms in total. The zero-order valence-electron chi connectivity index (χ0n) is 22.2. The molecule has 1 heterocycles. The number of esters is 1. The van der Waals surface area contributed by atoms with E-state index in [0.717, 1.165) is 25.3 Å². The first kappa shape index (κ1) is 30.1. The lowest BCUT2D eigenvalue weighted by Crippen LogP contribution is -2.42. The first-order valence-corrected chi connectivity index (χ1v) is 13.5. The number of sulfonamides is 1. The second kappa shape index (κ2) is 11.3. The molecule has 1 atom stereocenters. The zero-order valence-corrected chi connectivity index (χ0v) is 23.0. The summed E-state index contributed by atoms with van der Waals surface area (Å²) >= 11 is 0. The van der Waals surface area contributed by atoms with E-state index < -0.39 is 50.2 Å². The zero-order chi connectivity index (χ0) is 29.2. The summed E-state index contributed by atoms with van der Waals surface area (Å²) < 4.78 is 85.2. The van der Waals surface area contributed by atoms with Crippen LogP contribution in [0.1, 0.15) is 61.0 Å². The highest BCUT2D eigenvalue weighted by atomic mass is 32.2. The number of anilines is 1. The average Bonchev–Trinajstić information content (AvgIpc) is 2.86. The molecule has 0 saturated carbocycles. The van der Waals surface area contributed by atoms with Gasteiger partial charge in [0.05, 0.1) is 31.0 Å². The van der Waals surface area contributed by atoms with Crippen LogP contribution in [-0.2, 0) is 25.7 Å². The number of nitrogens with zero attached hydrogens (tertiary/aromatic N) is 1. The Balaban J connectivity index is 2.04. The summed E-state index contributed by atoms with van der Waals surface area (Å²) in [5, 5.41) is 0. The molecular weight excluding hydrogens is 541 g/mol. The topological polar surface area (TPSA) is 111 Å². The molecule has 39 heavy (non-hydrogen) atoms. The highest BCUT2D eigenvalue weighted by molar-refractivity contribution is 7.92. The Morgan fingerprint density at radius 3 is 2.33 bits per heavy atom. The number of carbonyl (C=O) groups is 2. The second-order valence-corrected chi connectivity index (χ2v) is 11.7. The SMILES string of the molecule is COC(=O)c1ccc(OC)c(S(=O)(=O)Nc2cc(C(F)(F)F)ccc2C2CCCN(C(=O)OC(C)(C)C)C2)c1. The van der Waals surface area contributed by atoms with Gasteiger partial charge >= 0.3 is 18.2 Å². The number of piperidine rings is 1. The minimum atomic E-state index is -4.74. The third kappa shape index (κ3) is 7.34. The van der Waals surface area contributed by atoms with E-state index >= 15 is 0 Å². The number of carbonyl (C=O) groups excluding carboxylic acids is 2. The van der Waals surface area contributed by atoms with Gasteiger partial charge in [-0.05, 0) is 69.5 Å². The number of methoxy groups -OCH3 is 2. The molecule has 0 spiro atoms. The van der Waals surface area contributed by atoms with Crippen LogP contribution >= 0.6 is 0 Å². The maximum absolute atomic E-state index is 13.6. The van der Waals surface area contributed by atoms with E-state index in [1.165, 1.54) is 30.2 Å². The van der Waals surface area contributed by atoms with Crippen molar-refractivity contribution in [2.75, 3.05) is 32.0 Å². The number of ether oxygens (including phenoxy) is 3. The van der Waals surface area contributed by atoms with E-state index in [-0.39, 0.29) is 29.1 Å². The van der Waals surface area contributed by atoms with Crippen LogP contribution < -0.4 is 9.46 Å². The molecule has 1 amide bonds. The van der Waals surface area contributed by atoms with Crippen molar-refractivity contribution >= 4 is 27.8 Å². The Kier molecular flexibility index (Phi) is 8.73. The molecule has 1 N–H and O–H groups in total. The normalized spacial score (nSPS) is 16.4. The van der Waals surface area contributed by atoms with E-state index in [2.05, 4.69) is 9.46 Å². The molecule has 214 valence electrons. The van der Waals surface area contributed by atoms with Crippen molar-refractivity contribution in [3.05, 3.63) is 53.1 Å². The summed E-state index contributed by atoms with van der Waals surface area (Å²) in [4.78, 5) is 25.6. The summed E-state index contributed by atoms with van der Waals surface area (Å²) in [6, 6.07) is 6.37. The van der Waals surface area contributed by atoms with Crippen molar-refractivity contribution in [3.63, 3.8) is 0 Å². The number of amides is 1. The lowest BCUT2D eigenvalue weighted by molar-refractivity contribution is -0.137. The van der Waals surface area contributed by atoms with Gasteiger partial charge in [-0.15, -0.1) is 0 Å². The van der Waals surface area contributed by atoms with Gasteiger partial charge in [-0.1, -0.05) is 6.07 Å². The van der Waals surface area contributed by atoms with Gasteiger partial charge < -0.3 is 19.1 Å². The quantitative estimate of drug-likeness (QED) is 0.461. The molecule has 0 aliphatic carbocycles. The summed E-state index contributed by atoms with van der Waals surface area (Å²) in [5.41, 5.74) is -1.91. The van der Waals surface area contributed by atoms with Crippen LogP contribution in [0, 0.1) is 0 Å². The van der Waals surface area contributed by atoms with Crippen molar-refractivity contribution < 1.29 is 45.4 Å². The van der Waals surface area contributed by atoms with Crippen LogP contribution in [0.2, 0.25) is 0 Å². The van der Waals surface area contributed by atoms with Crippen LogP contribution in [0.5, 0.6) is 5.75 Å². The predicted molar refractivity (Wildman–Crippen MR) is 136 cm³/mol. The van der Waals surface area contributed by atoms with Gasteiger partial charge in [0.15, 0.2) is 0 Å². The molecule has 1 saturated heterocycles. The molecule has 2 aromatic rings. The Morgan fingerprint density at radius 2 is 1.74 bits per heavy atom. The van der Waals surface area contributed by atoms with Gasteiger partial charge in [-0.25, -0.2) is 18.0 Å². The number of nitrogens with one attached hydrogen (secondary N) is 1. The second-order valence-electron chi connectivity index (χ2n) is 10.0. The lowest BCUT2D eigenvalue weighted by atomic mass is 9.89. The summed E-state index contributed by atoms with van der Waals surface area (Å²) in [6.45, 7) is 5.68. The molecule has 2 aromatic carbocycles. The van der Waals surface area contributed by atoms with Crippen LogP contribution in [0.3, 0.4) is 0 Å². The first-order valence-electron chi connectivity index (χ1n) is 12.0. The van der Waals surface area contributed by atoms with Gasteiger partial charge in [0.2, 0.25) is 0 Å². The minimum absolute atomic E-state index is 0.0942. The molecule has 0 aromatic heterocycles. The van der Waals surface area contributed by atoms with Crippen LogP contribution in [-0.4, -0.2) is 58.3 Å². The molecule has 3 rings (SSSR count). The standard InChI is InChI=1S/C26H31F3N2O7S/c1-25(2,3)38-24(33)31-12-6-7-17(15-31)19-10-9-18(26(27,28)29)14-20(19)30-39(34,35)22-13-16(23(32)37-5)8-11-21(22)36-4/h8-11,13-14,17,30H,6-7,12,15H2,1-5H3. The van der Waals surface area contributed by atoms with Crippen molar-refractivity contribution in [1.82, 2.24) is 4.90 Å². The Labute approximate surface area is 225 Å². The number of rotatable bonds is 6. The third-order valence-electron chi connectivity index (χ3n) is 6.01. The Morgan fingerprint density at radius 1 is 1.05 bits per heavy atom. The summed E-state index contributed by atoms with van der Waals surface area (Å²) in [6.07, 6.45) is -4.27. The molecule has 1 aliphatic rings. The Bertz CT molecular complexity index is 1340. The summed E-state index contributed by atoms with van der Waals surface area (Å²) in [5.74, 6) is -1.41. The van der Waals surface area contributed by atoms with E-state index in [4.69, 9.17) is 9.47 Å². The van der Waals surface area contributed by atoms with Gasteiger partial charge in [-0.2, -0.15) is 13.2 Å². The molecule has 1 fully saturated rings. The molecule has 0 radical (unpaired) electrons. The molecule has 1 unspecified atom stereocenters. The highest BCUT2D eigenvalue weighted by Crippen LogP contribution is 2.39. The average molecular weight is 573 g/mol. The van der Waals surface area contributed by atoms with Crippen LogP contribution in [0.15, 0.2) is 41.3 Å². The van der Waals surface area contributed by atoms with Crippen molar-refractivity contribution in [3.8, 4) is 5.75 Å². The number of benzene rings is 2. The highest BCUT2D eigenvalue weighted by Gasteiger charge is 2.35. The van der Waals surface area contributed by atoms with E-state index in [1.807, 2.05) is 0 Å². The van der Waals surface area contributed by atoms with Crippen molar-refractivity contribution in [2.45, 2.75) is 56.2 Å². The molecule has 1 aliphatic heterocycles.